The first-order valence-electron chi connectivity index (χ1n) is 6.45. The summed E-state index contributed by atoms with van der Waals surface area (Å²) in [4.78, 5) is 12.5. The molecule has 0 aromatic carbocycles. The molecule has 0 aliphatic heterocycles. The number of nitrogen functional groups attached to an aromatic ring is 1. The fourth-order valence-electron chi connectivity index (χ4n) is 1.80. The van der Waals surface area contributed by atoms with Gasteiger partial charge >= 0.3 is 0 Å². The molecule has 108 valence electrons. The van der Waals surface area contributed by atoms with Gasteiger partial charge in [0, 0.05) is 30.1 Å². The fourth-order valence-corrected chi connectivity index (χ4v) is 1.80. The average molecular weight is 292 g/mol. The summed E-state index contributed by atoms with van der Waals surface area (Å²) in [5.41, 5.74) is 7.98. The van der Waals surface area contributed by atoms with Crippen LogP contribution < -0.4 is 5.73 Å². The van der Waals surface area contributed by atoms with Crippen molar-refractivity contribution in [2.45, 2.75) is 0 Å². The lowest BCUT2D eigenvalue weighted by Gasteiger charge is -2.04. The third-order valence-electron chi connectivity index (χ3n) is 2.82. The first-order valence-corrected chi connectivity index (χ1v) is 6.45. The molecule has 0 aliphatic carbocycles. The standard InChI is InChI=1S/C15H12N6O/c16-12(4-3-11-5-7-22-21-11)15-19-13(8-14(17)20-15)10-2-1-6-18-9-10/h1-9,16H,(H2,17,19,20)/b4-3+,16-12?. The zero-order chi connectivity index (χ0) is 15.4. The van der Waals surface area contributed by atoms with Gasteiger partial charge in [0.15, 0.2) is 5.82 Å². The summed E-state index contributed by atoms with van der Waals surface area (Å²) in [7, 11) is 0. The minimum absolute atomic E-state index is 0.125. The molecule has 0 aliphatic rings. The highest BCUT2D eigenvalue weighted by molar-refractivity contribution is 6.06. The summed E-state index contributed by atoms with van der Waals surface area (Å²) in [5, 5.41) is 11.8. The van der Waals surface area contributed by atoms with Crippen LogP contribution in [0, 0.1) is 5.41 Å². The number of aromatic nitrogens is 4. The van der Waals surface area contributed by atoms with Gasteiger partial charge in [0.2, 0.25) is 0 Å². The molecule has 0 amide bonds. The van der Waals surface area contributed by atoms with E-state index in [0.717, 1.165) is 5.56 Å². The van der Waals surface area contributed by atoms with E-state index in [1.165, 1.54) is 6.26 Å². The van der Waals surface area contributed by atoms with Crippen molar-refractivity contribution in [3.05, 3.63) is 60.5 Å². The Hall–Kier alpha value is -3.35. The maximum absolute atomic E-state index is 8.05. The predicted octanol–water partition coefficient (Wildman–Crippen LogP) is 2.19. The van der Waals surface area contributed by atoms with Crippen LogP contribution in [-0.4, -0.2) is 25.8 Å². The Balaban J connectivity index is 1.91. The summed E-state index contributed by atoms with van der Waals surface area (Å²) in [5.74, 6) is 0.530. The van der Waals surface area contributed by atoms with E-state index in [4.69, 9.17) is 15.7 Å². The number of nitrogens with one attached hydrogen (secondary N) is 1. The molecule has 22 heavy (non-hydrogen) atoms. The molecule has 0 bridgehead atoms. The molecule has 0 atom stereocenters. The van der Waals surface area contributed by atoms with Gasteiger partial charge in [0.05, 0.1) is 11.4 Å². The maximum atomic E-state index is 8.05. The summed E-state index contributed by atoms with van der Waals surface area (Å²) in [6.45, 7) is 0. The molecule has 0 saturated heterocycles. The minimum Gasteiger partial charge on any atom is -0.384 e. The van der Waals surface area contributed by atoms with Crippen LogP contribution in [0.25, 0.3) is 17.3 Å². The van der Waals surface area contributed by atoms with Crippen molar-refractivity contribution in [1.29, 1.82) is 5.41 Å². The number of pyridine rings is 1. The van der Waals surface area contributed by atoms with Gasteiger partial charge in [0.25, 0.3) is 0 Å². The molecule has 3 heterocycles. The van der Waals surface area contributed by atoms with Gasteiger partial charge in [-0.05, 0) is 24.3 Å². The van der Waals surface area contributed by atoms with E-state index in [9.17, 15) is 0 Å². The largest absolute Gasteiger partial charge is 0.384 e. The van der Waals surface area contributed by atoms with Crippen LogP contribution in [0.4, 0.5) is 5.82 Å². The summed E-state index contributed by atoms with van der Waals surface area (Å²) in [6, 6.07) is 7.01. The molecule has 0 saturated carbocycles. The Morgan fingerprint density at radius 3 is 2.91 bits per heavy atom. The number of hydrogen-bond donors (Lipinski definition) is 2. The first kappa shape index (κ1) is 13.6. The van der Waals surface area contributed by atoms with Gasteiger partial charge in [-0.15, -0.1) is 0 Å². The van der Waals surface area contributed by atoms with Crippen LogP contribution in [-0.2, 0) is 0 Å². The van der Waals surface area contributed by atoms with E-state index in [0.29, 0.717) is 17.2 Å². The van der Waals surface area contributed by atoms with Gasteiger partial charge in [-0.1, -0.05) is 5.16 Å². The third kappa shape index (κ3) is 3.04. The lowest BCUT2D eigenvalue weighted by Crippen LogP contribution is -2.06. The fraction of sp³-hybridized carbons (Fsp3) is 0. The van der Waals surface area contributed by atoms with Gasteiger partial charge < -0.3 is 10.3 Å². The lowest BCUT2D eigenvalue weighted by atomic mass is 10.2. The van der Waals surface area contributed by atoms with Gasteiger partial charge in [-0.3, -0.25) is 10.4 Å². The van der Waals surface area contributed by atoms with Crippen LogP contribution in [0.5, 0.6) is 0 Å². The quantitative estimate of drug-likeness (QED) is 0.712. The molecule has 3 N–H and O–H groups in total. The van der Waals surface area contributed by atoms with Gasteiger partial charge in [-0.2, -0.15) is 0 Å². The Morgan fingerprint density at radius 2 is 2.18 bits per heavy atom. The second-order valence-electron chi connectivity index (χ2n) is 4.41. The second kappa shape index (κ2) is 5.96. The zero-order valence-electron chi connectivity index (χ0n) is 11.5. The molecular weight excluding hydrogens is 280 g/mol. The Morgan fingerprint density at radius 1 is 1.27 bits per heavy atom. The molecule has 7 heteroatoms. The SMILES string of the molecule is N=C(/C=C/c1ccon1)c1nc(N)cc(-c2cccnc2)n1. The highest BCUT2D eigenvalue weighted by Gasteiger charge is 2.08. The van der Waals surface area contributed by atoms with Crippen molar-refractivity contribution in [2.24, 2.45) is 0 Å². The number of hydrogen-bond acceptors (Lipinski definition) is 7. The van der Waals surface area contributed by atoms with E-state index in [1.807, 2.05) is 12.1 Å². The molecule has 0 fully saturated rings. The highest BCUT2D eigenvalue weighted by atomic mass is 16.5. The van der Waals surface area contributed by atoms with E-state index in [1.54, 1.807) is 36.7 Å². The van der Waals surface area contributed by atoms with Crippen molar-refractivity contribution >= 4 is 17.6 Å². The van der Waals surface area contributed by atoms with Gasteiger partial charge in [0.1, 0.15) is 17.8 Å². The van der Waals surface area contributed by atoms with Crippen molar-refractivity contribution < 1.29 is 4.52 Å². The monoisotopic (exact) mass is 292 g/mol. The number of nitrogens with zero attached hydrogens (tertiary/aromatic N) is 4. The Bertz CT molecular complexity index is 811. The Labute approximate surface area is 126 Å². The number of rotatable bonds is 4. The van der Waals surface area contributed by atoms with Crippen LogP contribution in [0.2, 0.25) is 0 Å². The lowest BCUT2D eigenvalue weighted by molar-refractivity contribution is 0.418. The molecule has 3 aromatic heterocycles. The summed E-state index contributed by atoms with van der Waals surface area (Å²) in [6.07, 6.45) is 8.00. The van der Waals surface area contributed by atoms with Crippen molar-refractivity contribution in [1.82, 2.24) is 20.1 Å². The van der Waals surface area contributed by atoms with Crippen LogP contribution in [0.1, 0.15) is 11.5 Å². The first-order chi connectivity index (χ1) is 10.7. The molecule has 3 rings (SSSR count). The van der Waals surface area contributed by atoms with E-state index >= 15 is 0 Å². The van der Waals surface area contributed by atoms with Crippen molar-refractivity contribution in [3.8, 4) is 11.3 Å². The minimum atomic E-state index is 0.125. The molecule has 0 radical (unpaired) electrons. The molecule has 7 nitrogen and oxygen atoms in total. The zero-order valence-corrected chi connectivity index (χ0v) is 11.5. The van der Waals surface area contributed by atoms with Crippen LogP contribution in [0.3, 0.4) is 0 Å². The maximum Gasteiger partial charge on any atom is 0.180 e. The van der Waals surface area contributed by atoms with E-state index in [-0.39, 0.29) is 11.5 Å². The number of allylic oxidation sites excluding steroid dienone is 1. The normalized spacial score (nSPS) is 10.9. The second-order valence-corrected chi connectivity index (χ2v) is 4.41. The highest BCUT2D eigenvalue weighted by Crippen LogP contribution is 2.17. The van der Waals surface area contributed by atoms with E-state index < -0.39 is 0 Å². The van der Waals surface area contributed by atoms with Crippen LogP contribution in [0.15, 0.2) is 53.5 Å². The predicted molar refractivity (Wildman–Crippen MR) is 82.0 cm³/mol. The number of anilines is 1. The van der Waals surface area contributed by atoms with Crippen molar-refractivity contribution in [2.75, 3.05) is 5.73 Å². The molecule has 0 spiro atoms. The van der Waals surface area contributed by atoms with Crippen molar-refractivity contribution in [3.63, 3.8) is 0 Å². The molecule has 0 unspecified atom stereocenters. The topological polar surface area (TPSA) is 115 Å². The summed E-state index contributed by atoms with van der Waals surface area (Å²) >= 11 is 0. The van der Waals surface area contributed by atoms with Gasteiger partial charge in [-0.25, -0.2) is 9.97 Å². The Kier molecular flexibility index (Phi) is 3.69. The third-order valence-corrected chi connectivity index (χ3v) is 2.82. The number of nitrogens with two attached hydrogens (primary N) is 1. The molecular formula is C15H12N6O. The van der Waals surface area contributed by atoms with Crippen LogP contribution >= 0.6 is 0 Å². The summed E-state index contributed by atoms with van der Waals surface area (Å²) < 4.78 is 4.72. The smallest absolute Gasteiger partial charge is 0.180 e. The molecule has 3 aromatic rings. The van der Waals surface area contributed by atoms with E-state index in [2.05, 4.69) is 20.1 Å². The average Bonchev–Trinajstić information content (AvgIpc) is 3.06.